The smallest absolute Gasteiger partial charge is 0.402 e. The van der Waals surface area contributed by atoms with Crippen molar-refractivity contribution in [3.8, 4) is 23.2 Å². The summed E-state index contributed by atoms with van der Waals surface area (Å²) in [6, 6.07) is 13.6. The second-order valence-electron chi connectivity index (χ2n) is 6.91. The number of pyridine rings is 1. The van der Waals surface area contributed by atoms with Gasteiger partial charge in [-0.3, -0.25) is 0 Å². The minimum atomic E-state index is 0. The number of aromatic nitrogens is 3. The maximum atomic E-state index is 6.11. The predicted octanol–water partition coefficient (Wildman–Crippen LogP) is 2.48. The van der Waals surface area contributed by atoms with Crippen molar-refractivity contribution in [1.82, 2.24) is 9.97 Å². The molecule has 5 rings (SSSR count). The Hall–Kier alpha value is -2.26. The lowest BCUT2D eigenvalue weighted by Gasteiger charge is -2.12. The monoisotopic (exact) mass is 507 g/mol. The molecule has 0 saturated carbocycles. The maximum absolute atomic E-state index is 6.11. The highest BCUT2D eigenvalue weighted by atomic mass is 35.5. The second kappa shape index (κ2) is 9.70. The molecule has 0 spiro atoms. The molecule has 6 nitrogen and oxygen atoms in total. The Balaban J connectivity index is 0.00000245. The number of imidazole rings is 1. The van der Waals surface area contributed by atoms with Crippen LogP contribution in [0.25, 0.3) is 17.0 Å². The minimum absolute atomic E-state index is 0. The third-order valence-electron chi connectivity index (χ3n) is 5.03. The summed E-state index contributed by atoms with van der Waals surface area (Å²) >= 11 is 6.11. The lowest BCUT2D eigenvalue weighted by atomic mass is 10.2. The lowest BCUT2D eigenvalue weighted by Crippen LogP contribution is -3.00. The highest BCUT2D eigenvalue weighted by molar-refractivity contribution is 8.76. The molecule has 1 aliphatic rings. The third-order valence-corrected chi connectivity index (χ3v) is 7.50. The summed E-state index contributed by atoms with van der Waals surface area (Å²) in [5.74, 6) is 3.77. The van der Waals surface area contributed by atoms with Crippen molar-refractivity contribution in [3.63, 3.8) is 0 Å². The summed E-state index contributed by atoms with van der Waals surface area (Å²) in [5, 5.41) is 0.736. The van der Waals surface area contributed by atoms with Gasteiger partial charge in [-0.15, -0.1) is 0 Å². The Labute approximate surface area is 204 Å². The molecule has 1 aliphatic heterocycles. The average Bonchev–Trinajstić information content (AvgIpc) is 3.38. The topological polar surface area (TPSA) is 60.2 Å². The zero-order valence-electron chi connectivity index (χ0n) is 17.2. The van der Waals surface area contributed by atoms with E-state index < -0.39 is 0 Å². The summed E-state index contributed by atoms with van der Waals surface area (Å²) in [4.78, 5) is 9.31. The molecule has 10 heteroatoms. The van der Waals surface area contributed by atoms with Gasteiger partial charge in [0.05, 0.1) is 19.1 Å². The highest BCUT2D eigenvalue weighted by Crippen LogP contribution is 2.37. The number of nitrogens with zero attached hydrogens (tertiary/aromatic N) is 2. The van der Waals surface area contributed by atoms with Crippen molar-refractivity contribution in [3.05, 3.63) is 64.9 Å². The fourth-order valence-corrected chi connectivity index (χ4v) is 5.91. The van der Waals surface area contributed by atoms with Crippen LogP contribution in [-0.2, 0) is 5.75 Å². The largest absolute Gasteiger partial charge is 1.00 e. The number of benzene rings is 2. The standard InChI is InChI=1S/C22H19ClN3O3S2.ClH/c1-13-18(11-30-31-15-5-3-4-14(23)8-15)26(7-6-19(13)27-2)22-24-16-9-20-21(29-12-28-20)10-17(16)25-22;/h3-10H,11-12H2,1-2H3,(H,24,25);1H/q+1;/p-1. The molecule has 0 radical (unpaired) electrons. The molecule has 0 bridgehead atoms. The van der Waals surface area contributed by atoms with E-state index in [1.807, 2.05) is 42.6 Å². The van der Waals surface area contributed by atoms with Gasteiger partial charge in [0.1, 0.15) is 17.0 Å². The normalized spacial score (nSPS) is 12.1. The molecule has 1 N–H and O–H groups in total. The lowest BCUT2D eigenvalue weighted by molar-refractivity contribution is -0.610. The average molecular weight is 508 g/mol. The van der Waals surface area contributed by atoms with Crippen LogP contribution in [0.2, 0.25) is 5.02 Å². The van der Waals surface area contributed by atoms with Gasteiger partial charge in [0.15, 0.2) is 17.0 Å². The zero-order chi connectivity index (χ0) is 21.4. The van der Waals surface area contributed by atoms with Gasteiger partial charge < -0.3 is 26.6 Å². The fraction of sp³-hybridized carbons (Fsp3) is 0.182. The van der Waals surface area contributed by atoms with Gasteiger partial charge in [-0.25, -0.2) is 9.55 Å². The van der Waals surface area contributed by atoms with E-state index in [-0.39, 0.29) is 19.2 Å². The fourth-order valence-electron chi connectivity index (χ4n) is 3.45. The molecule has 3 heterocycles. The number of rotatable bonds is 6. The summed E-state index contributed by atoms with van der Waals surface area (Å²) < 4.78 is 18.6. The molecular formula is C22H19Cl2N3O3S2. The second-order valence-corrected chi connectivity index (χ2v) is 9.72. The van der Waals surface area contributed by atoms with Crippen LogP contribution in [0.1, 0.15) is 11.3 Å². The van der Waals surface area contributed by atoms with Gasteiger partial charge in [-0.05, 0) is 25.1 Å². The molecule has 0 aliphatic carbocycles. The van der Waals surface area contributed by atoms with Crippen LogP contribution in [0.3, 0.4) is 0 Å². The first-order chi connectivity index (χ1) is 15.1. The number of hydrogen-bond acceptors (Lipinski definition) is 6. The summed E-state index contributed by atoms with van der Waals surface area (Å²) in [5.41, 5.74) is 3.89. The number of aromatic amines is 1. The Morgan fingerprint density at radius 3 is 2.78 bits per heavy atom. The van der Waals surface area contributed by atoms with Crippen LogP contribution < -0.4 is 31.2 Å². The van der Waals surface area contributed by atoms with E-state index in [1.54, 1.807) is 28.7 Å². The van der Waals surface area contributed by atoms with E-state index in [4.69, 9.17) is 30.8 Å². The van der Waals surface area contributed by atoms with E-state index >= 15 is 0 Å². The Kier molecular flexibility index (Phi) is 6.95. The number of fused-ring (bicyclic) bond motifs is 2. The number of halogens is 2. The first-order valence-electron chi connectivity index (χ1n) is 9.55. The van der Waals surface area contributed by atoms with Gasteiger partial charge >= 0.3 is 5.95 Å². The number of H-pyrrole nitrogens is 1. The van der Waals surface area contributed by atoms with Crippen molar-refractivity contribution in [1.29, 1.82) is 0 Å². The molecule has 2 aromatic carbocycles. The summed E-state index contributed by atoms with van der Waals surface area (Å²) in [6.45, 7) is 2.31. The zero-order valence-corrected chi connectivity index (χ0v) is 20.4. The minimum Gasteiger partial charge on any atom is -1.00 e. The maximum Gasteiger partial charge on any atom is 0.402 e. The molecule has 0 saturated heterocycles. The van der Waals surface area contributed by atoms with Crippen molar-refractivity contribution < 1.29 is 31.2 Å². The molecular weight excluding hydrogens is 489 g/mol. The van der Waals surface area contributed by atoms with Crippen molar-refractivity contribution >= 4 is 44.2 Å². The van der Waals surface area contributed by atoms with E-state index in [9.17, 15) is 0 Å². The molecule has 2 aromatic heterocycles. The van der Waals surface area contributed by atoms with Crippen LogP contribution in [0.15, 0.2) is 53.6 Å². The molecule has 32 heavy (non-hydrogen) atoms. The Bertz CT molecular complexity index is 1240. The number of ether oxygens (including phenoxy) is 3. The van der Waals surface area contributed by atoms with Crippen LogP contribution in [-0.4, -0.2) is 23.9 Å². The van der Waals surface area contributed by atoms with E-state index in [0.29, 0.717) is 0 Å². The number of methoxy groups -OCH3 is 1. The molecule has 0 fully saturated rings. The molecule has 0 unspecified atom stereocenters. The summed E-state index contributed by atoms with van der Waals surface area (Å²) in [6.07, 6.45) is 1.98. The third kappa shape index (κ3) is 4.45. The number of hydrogen-bond donors (Lipinski definition) is 1. The quantitative estimate of drug-likeness (QED) is 0.319. The van der Waals surface area contributed by atoms with Gasteiger partial charge in [0, 0.05) is 33.7 Å². The van der Waals surface area contributed by atoms with E-state index in [2.05, 4.69) is 22.5 Å². The highest BCUT2D eigenvalue weighted by Gasteiger charge is 2.24. The van der Waals surface area contributed by atoms with Gasteiger partial charge in [-0.1, -0.05) is 44.2 Å². The van der Waals surface area contributed by atoms with Crippen molar-refractivity contribution in [2.24, 2.45) is 0 Å². The van der Waals surface area contributed by atoms with Crippen LogP contribution in [0, 0.1) is 6.92 Å². The molecule has 0 amide bonds. The summed E-state index contributed by atoms with van der Waals surface area (Å²) in [7, 11) is 5.11. The Morgan fingerprint density at radius 2 is 2.00 bits per heavy atom. The van der Waals surface area contributed by atoms with Gasteiger partial charge in [0.2, 0.25) is 6.79 Å². The number of nitrogens with one attached hydrogen (secondary N) is 1. The molecule has 4 aromatic rings. The predicted molar refractivity (Wildman–Crippen MR) is 124 cm³/mol. The van der Waals surface area contributed by atoms with Crippen LogP contribution >= 0.6 is 33.2 Å². The van der Waals surface area contributed by atoms with Crippen LogP contribution in [0.5, 0.6) is 17.2 Å². The van der Waals surface area contributed by atoms with Gasteiger partial charge in [-0.2, -0.15) is 0 Å². The van der Waals surface area contributed by atoms with Crippen molar-refractivity contribution in [2.45, 2.75) is 17.6 Å². The Morgan fingerprint density at radius 1 is 1.19 bits per heavy atom. The van der Waals surface area contributed by atoms with Crippen molar-refractivity contribution in [2.75, 3.05) is 13.9 Å². The first-order valence-corrected chi connectivity index (χ1v) is 12.2. The SMILES string of the molecule is COc1cc[n+](-c2nc3cc4c(cc3[nH]2)OCO4)c(CSSc2cccc(Cl)c2)c1C.[Cl-]. The van der Waals surface area contributed by atoms with E-state index in [0.717, 1.165) is 61.2 Å². The van der Waals surface area contributed by atoms with E-state index in [1.165, 1.54) is 0 Å². The molecule has 166 valence electrons. The molecule has 0 atom stereocenters. The van der Waals surface area contributed by atoms with Gasteiger partial charge in [0.25, 0.3) is 0 Å². The van der Waals surface area contributed by atoms with Crippen LogP contribution in [0.4, 0.5) is 0 Å². The first kappa shape index (κ1) is 22.9.